The molecule has 9 heavy (non-hydrogen) atoms. The molecule has 0 spiro atoms. The van der Waals surface area contributed by atoms with Gasteiger partial charge in [-0.05, 0) is 0 Å². The normalized spacial score (nSPS) is 13.9. The molecule has 7 heteroatoms. The van der Waals surface area contributed by atoms with Gasteiger partial charge in [-0.25, -0.2) is 0 Å². The Morgan fingerprint density at radius 2 is 1.67 bits per heavy atom. The molecule has 50 valence electrons. The van der Waals surface area contributed by atoms with Crippen LogP contribution in [-0.2, 0) is 9.84 Å². The Labute approximate surface area is 97.5 Å². The average molecular weight is 280 g/mol. The van der Waals surface area contributed by atoms with Gasteiger partial charge in [-0.1, -0.05) is 0 Å². The van der Waals surface area contributed by atoms with Crippen molar-refractivity contribution in [2.75, 3.05) is -2.82 Å². The minimum atomic E-state index is -5.03. The summed E-state index contributed by atoms with van der Waals surface area (Å²) in [4.78, 5) is 0. The van der Waals surface area contributed by atoms with E-state index in [4.69, 9.17) is 0 Å². The van der Waals surface area contributed by atoms with Gasteiger partial charge in [0, 0.05) is 0 Å². The molecule has 0 aromatic rings. The first-order valence-corrected chi connectivity index (χ1v) is 8.19. The van der Waals surface area contributed by atoms with E-state index < -0.39 is 78.4 Å². The SMILES string of the molecule is O=S(=O)([CH2][Cs])C(F)(F)F. The molecule has 0 unspecified atom stereocenters. The van der Waals surface area contributed by atoms with E-state index in [-0.39, 0.29) is 0 Å². The summed E-state index contributed by atoms with van der Waals surface area (Å²) >= 11 is -0.536. The Morgan fingerprint density at radius 1 is 1.33 bits per heavy atom. The van der Waals surface area contributed by atoms with Crippen LogP contribution in [0.4, 0.5) is 13.2 Å². The van der Waals surface area contributed by atoms with Crippen LogP contribution in [0.3, 0.4) is 0 Å². The monoisotopic (exact) mass is 280 g/mol. The second-order valence-electron chi connectivity index (χ2n) is 1.35. The third-order valence-electron chi connectivity index (χ3n) is 0.733. The Morgan fingerprint density at radius 3 is 1.67 bits per heavy atom. The number of hydrogen-bond donors (Lipinski definition) is 0. The van der Waals surface area contributed by atoms with Gasteiger partial charge in [0.05, 0.1) is 0 Å². The van der Waals surface area contributed by atoms with E-state index in [1.54, 1.807) is 0 Å². The van der Waals surface area contributed by atoms with Gasteiger partial charge in [-0.3, -0.25) is 0 Å². The number of alkyl halides is 3. The van der Waals surface area contributed by atoms with Crippen LogP contribution < -0.4 is 0 Å². The van der Waals surface area contributed by atoms with Crippen molar-refractivity contribution in [2.45, 2.75) is 5.51 Å². The predicted molar refractivity (Wildman–Crippen MR) is 25.6 cm³/mol. The molecule has 0 amide bonds. The van der Waals surface area contributed by atoms with Crippen LogP contribution in [0.5, 0.6) is 0 Å². The molecule has 0 bridgehead atoms. The zero-order valence-electron chi connectivity index (χ0n) is 4.57. The number of rotatable bonds is 1. The van der Waals surface area contributed by atoms with Crippen LogP contribution in [0.15, 0.2) is 0 Å². The Bertz CT molecular complexity index is 180. The fourth-order valence-corrected chi connectivity index (χ4v) is 3.57. The van der Waals surface area contributed by atoms with Crippen molar-refractivity contribution in [1.82, 2.24) is 0 Å². The summed E-state index contributed by atoms with van der Waals surface area (Å²) in [5.41, 5.74) is -5.03. The first kappa shape index (κ1) is 10.8. The molecule has 0 radical (unpaired) electrons. The van der Waals surface area contributed by atoms with Crippen molar-refractivity contribution in [3.8, 4) is 0 Å². The van der Waals surface area contributed by atoms with Crippen LogP contribution in [0.25, 0.3) is 0 Å². The van der Waals surface area contributed by atoms with Crippen molar-refractivity contribution in [2.24, 2.45) is 0 Å². The van der Waals surface area contributed by atoms with Crippen molar-refractivity contribution in [1.29, 1.82) is 0 Å². The van der Waals surface area contributed by atoms with E-state index in [2.05, 4.69) is 0 Å². The van der Waals surface area contributed by atoms with E-state index in [1.165, 1.54) is 0 Å². The van der Waals surface area contributed by atoms with Crippen LogP contribution >= 0.6 is 0 Å². The molecule has 0 saturated heterocycles. The number of halogens is 3. The fraction of sp³-hybridized carbons (Fsp3) is 1.00. The van der Waals surface area contributed by atoms with Crippen LogP contribution in [0, 0.1) is 0 Å². The maximum absolute atomic E-state index is 11.3. The van der Waals surface area contributed by atoms with E-state index in [0.29, 0.717) is 0 Å². The Balaban J connectivity index is 4.57. The van der Waals surface area contributed by atoms with Crippen molar-refractivity contribution in [3.63, 3.8) is 0 Å². The van der Waals surface area contributed by atoms with Crippen molar-refractivity contribution < 1.29 is 21.6 Å². The van der Waals surface area contributed by atoms with Crippen LogP contribution in [0.2, 0.25) is 0 Å². The Kier molecular flexibility index (Phi) is 4.15. The van der Waals surface area contributed by atoms with Crippen molar-refractivity contribution >= 4 is 75.8 Å². The molecular weight excluding hydrogens is 278 g/mol. The third-order valence-corrected chi connectivity index (χ3v) is 9.36. The van der Waals surface area contributed by atoms with Gasteiger partial charge in [0.1, 0.15) is 0 Å². The maximum atomic E-state index is 11.3. The summed E-state index contributed by atoms with van der Waals surface area (Å²) in [5.74, 6) is 0. The summed E-state index contributed by atoms with van der Waals surface area (Å²) in [6.07, 6.45) is 0. The number of hydrogen-bond acceptors (Lipinski definition) is 2. The quantitative estimate of drug-likeness (QED) is 0.680. The molecule has 0 N–H and O–H groups in total. The fourth-order valence-electron chi connectivity index (χ4n) is 0.164. The second-order valence-corrected chi connectivity index (χ2v) is 9.06. The molecule has 2 nitrogen and oxygen atoms in total. The van der Waals surface area contributed by atoms with E-state index in [1.807, 2.05) is 0 Å². The predicted octanol–water partition coefficient (Wildman–Crippen LogP) is 0.0470. The topological polar surface area (TPSA) is 34.1 Å². The summed E-state index contributed by atoms with van der Waals surface area (Å²) in [6, 6.07) is 0. The minimum absolute atomic E-state index is 0.536. The van der Waals surface area contributed by atoms with E-state index >= 15 is 0 Å². The van der Waals surface area contributed by atoms with E-state index in [9.17, 15) is 21.6 Å². The van der Waals surface area contributed by atoms with Gasteiger partial charge in [0.15, 0.2) is 0 Å². The summed E-state index contributed by atoms with van der Waals surface area (Å²) in [5, 5.41) is 0. The summed E-state index contributed by atoms with van der Waals surface area (Å²) in [7, 11) is -4.74. The van der Waals surface area contributed by atoms with Crippen LogP contribution in [-0.4, -0.2) is 77.0 Å². The Hall–Kier alpha value is 1.79. The zero-order chi connectivity index (χ0) is 7.71. The van der Waals surface area contributed by atoms with E-state index in [0.717, 1.165) is 0 Å². The molecule has 0 aromatic heterocycles. The molecule has 0 saturated carbocycles. The standard InChI is InChI=1S/C2H2F3O2S.Cs/c1-8(6,7)2(3,4)5;/h1H2;. The molecule has 0 aliphatic rings. The molecule has 0 rings (SSSR count). The van der Waals surface area contributed by atoms with Gasteiger partial charge in [0.2, 0.25) is 0 Å². The molecule has 0 aromatic carbocycles. The molecular formula is C2H2CsF3O2S. The third kappa shape index (κ3) is 3.13. The van der Waals surface area contributed by atoms with Gasteiger partial charge < -0.3 is 0 Å². The first-order chi connectivity index (χ1) is 3.81. The first-order valence-electron chi connectivity index (χ1n) is 2.10. The van der Waals surface area contributed by atoms with Gasteiger partial charge in [-0.15, -0.1) is 0 Å². The molecule has 0 fully saturated rings. The molecule has 0 aliphatic carbocycles. The second kappa shape index (κ2) is 3.46. The van der Waals surface area contributed by atoms with Crippen LogP contribution in [0.1, 0.15) is 0 Å². The average Bonchev–Trinajstić information content (AvgIpc) is 1.64. The summed E-state index contributed by atoms with van der Waals surface area (Å²) < 4.78 is 53.1. The summed E-state index contributed by atoms with van der Waals surface area (Å²) in [6.45, 7) is 0. The van der Waals surface area contributed by atoms with Crippen molar-refractivity contribution in [3.05, 3.63) is 0 Å². The molecule has 0 aliphatic heterocycles. The molecule has 0 heterocycles. The molecule has 0 atom stereocenters. The number of sulfone groups is 1. The van der Waals surface area contributed by atoms with Gasteiger partial charge in [0.25, 0.3) is 0 Å². The zero-order valence-corrected chi connectivity index (χ0v) is 11.7. The van der Waals surface area contributed by atoms with Gasteiger partial charge >= 0.3 is 100 Å². The van der Waals surface area contributed by atoms with Gasteiger partial charge in [-0.2, -0.15) is 0 Å².